The molecule has 1 aromatic rings. The Morgan fingerprint density at radius 2 is 2.18 bits per heavy atom. The zero-order valence-electron chi connectivity index (χ0n) is 10.7. The third kappa shape index (κ3) is 4.07. The maximum absolute atomic E-state index is 5.85. The molecule has 0 saturated carbocycles. The highest BCUT2D eigenvalue weighted by Crippen LogP contribution is 2.18. The Balaban J connectivity index is 2.73. The summed E-state index contributed by atoms with van der Waals surface area (Å²) in [5.74, 6) is 0. The van der Waals surface area contributed by atoms with Crippen LogP contribution < -0.4 is 5.73 Å². The second kappa shape index (κ2) is 6.50. The van der Waals surface area contributed by atoms with Gasteiger partial charge in [-0.05, 0) is 31.7 Å². The molecule has 1 aromatic carbocycles. The van der Waals surface area contributed by atoms with E-state index in [-0.39, 0.29) is 5.54 Å². The maximum Gasteiger partial charge on any atom is 0.0656 e. The van der Waals surface area contributed by atoms with Gasteiger partial charge in [0.2, 0.25) is 0 Å². The summed E-state index contributed by atoms with van der Waals surface area (Å²) in [6, 6.07) is 8.31. The van der Waals surface area contributed by atoms with Crippen molar-refractivity contribution in [3.8, 4) is 0 Å². The first-order valence-electron chi connectivity index (χ1n) is 5.66. The van der Waals surface area contributed by atoms with Crippen molar-refractivity contribution in [2.45, 2.75) is 19.0 Å². The van der Waals surface area contributed by atoms with E-state index in [0.29, 0.717) is 13.2 Å². The predicted molar refractivity (Wildman–Crippen MR) is 74.9 cm³/mol. The molecule has 0 aromatic heterocycles. The summed E-state index contributed by atoms with van der Waals surface area (Å²) in [4.78, 5) is 2.23. The van der Waals surface area contributed by atoms with Gasteiger partial charge in [-0.2, -0.15) is 0 Å². The highest BCUT2D eigenvalue weighted by atomic mass is 79.9. The van der Waals surface area contributed by atoms with Crippen LogP contribution in [0.5, 0.6) is 0 Å². The third-order valence-corrected chi connectivity index (χ3v) is 3.62. The maximum atomic E-state index is 5.85. The Kier molecular flexibility index (Phi) is 5.59. The van der Waals surface area contributed by atoms with Crippen molar-refractivity contribution in [2.24, 2.45) is 5.73 Å². The molecule has 1 unspecified atom stereocenters. The van der Waals surface area contributed by atoms with Gasteiger partial charge in [0.15, 0.2) is 0 Å². The van der Waals surface area contributed by atoms with Crippen LogP contribution >= 0.6 is 15.9 Å². The van der Waals surface area contributed by atoms with Gasteiger partial charge in [-0.15, -0.1) is 0 Å². The number of nitrogens with two attached hydrogens (primary N) is 1. The average molecular weight is 301 g/mol. The second-order valence-electron chi connectivity index (χ2n) is 4.62. The summed E-state index contributed by atoms with van der Waals surface area (Å²) in [6.07, 6.45) is 0. The van der Waals surface area contributed by atoms with Crippen LogP contribution in [-0.4, -0.2) is 37.7 Å². The summed E-state index contributed by atoms with van der Waals surface area (Å²) in [5.41, 5.74) is 6.98. The van der Waals surface area contributed by atoms with Crippen LogP contribution in [0.15, 0.2) is 28.7 Å². The Morgan fingerprint density at radius 3 is 2.71 bits per heavy atom. The summed E-state index contributed by atoms with van der Waals surface area (Å²) < 4.78 is 6.35. The SMILES string of the molecule is COCC(C)(CN)N(C)Cc1cccc(Br)c1. The molecule has 1 atom stereocenters. The van der Waals surface area contributed by atoms with Gasteiger partial charge in [-0.25, -0.2) is 0 Å². The highest BCUT2D eigenvalue weighted by Gasteiger charge is 2.27. The van der Waals surface area contributed by atoms with Gasteiger partial charge in [0.1, 0.15) is 0 Å². The largest absolute Gasteiger partial charge is 0.383 e. The molecule has 96 valence electrons. The lowest BCUT2D eigenvalue weighted by Gasteiger charge is -2.37. The van der Waals surface area contributed by atoms with Gasteiger partial charge in [0, 0.05) is 24.7 Å². The van der Waals surface area contributed by atoms with Gasteiger partial charge in [-0.3, -0.25) is 4.90 Å². The molecule has 0 aliphatic rings. The smallest absolute Gasteiger partial charge is 0.0656 e. The van der Waals surface area contributed by atoms with Gasteiger partial charge < -0.3 is 10.5 Å². The van der Waals surface area contributed by atoms with E-state index < -0.39 is 0 Å². The van der Waals surface area contributed by atoms with Crippen LogP contribution in [0.1, 0.15) is 12.5 Å². The fourth-order valence-corrected chi connectivity index (χ4v) is 2.18. The highest BCUT2D eigenvalue weighted by molar-refractivity contribution is 9.10. The second-order valence-corrected chi connectivity index (χ2v) is 5.54. The minimum Gasteiger partial charge on any atom is -0.383 e. The predicted octanol–water partition coefficient (Wildman–Crippen LogP) is 2.24. The number of benzene rings is 1. The normalized spacial score (nSPS) is 14.9. The fourth-order valence-electron chi connectivity index (χ4n) is 1.74. The third-order valence-electron chi connectivity index (χ3n) is 3.13. The van der Waals surface area contributed by atoms with E-state index in [1.54, 1.807) is 7.11 Å². The van der Waals surface area contributed by atoms with Crippen molar-refractivity contribution < 1.29 is 4.74 Å². The van der Waals surface area contributed by atoms with E-state index in [1.807, 2.05) is 12.1 Å². The Morgan fingerprint density at radius 1 is 1.47 bits per heavy atom. The molecular formula is C13H21BrN2O. The van der Waals surface area contributed by atoms with Crippen LogP contribution in [0.25, 0.3) is 0 Å². The molecule has 0 aliphatic heterocycles. The van der Waals surface area contributed by atoms with E-state index in [0.717, 1.165) is 11.0 Å². The number of methoxy groups -OCH3 is 1. The molecule has 0 fully saturated rings. The Hall–Kier alpha value is -0.420. The summed E-state index contributed by atoms with van der Waals surface area (Å²) in [7, 11) is 3.79. The van der Waals surface area contributed by atoms with Crippen molar-refractivity contribution in [1.82, 2.24) is 4.90 Å². The standard InChI is InChI=1S/C13H21BrN2O/c1-13(9-15,10-17-3)16(2)8-11-5-4-6-12(14)7-11/h4-7H,8-10,15H2,1-3H3. The molecule has 0 radical (unpaired) electrons. The van der Waals surface area contributed by atoms with Gasteiger partial charge >= 0.3 is 0 Å². The first-order valence-corrected chi connectivity index (χ1v) is 6.46. The van der Waals surface area contributed by atoms with Crippen LogP contribution in [-0.2, 0) is 11.3 Å². The van der Waals surface area contributed by atoms with Crippen molar-refractivity contribution in [3.05, 3.63) is 34.3 Å². The molecule has 2 N–H and O–H groups in total. The number of likely N-dealkylation sites (N-methyl/N-ethyl adjacent to an activating group) is 1. The zero-order chi connectivity index (χ0) is 12.9. The Bertz CT molecular complexity index is 359. The number of nitrogens with zero attached hydrogens (tertiary/aromatic N) is 1. The molecule has 3 nitrogen and oxygen atoms in total. The Labute approximate surface area is 112 Å². The van der Waals surface area contributed by atoms with Gasteiger partial charge in [0.25, 0.3) is 0 Å². The van der Waals surface area contributed by atoms with Crippen LogP contribution in [0.2, 0.25) is 0 Å². The van der Waals surface area contributed by atoms with Crippen LogP contribution in [0, 0.1) is 0 Å². The average Bonchev–Trinajstić information content (AvgIpc) is 2.29. The number of ether oxygens (including phenoxy) is 1. The molecule has 0 aliphatic carbocycles. The quantitative estimate of drug-likeness (QED) is 0.876. The zero-order valence-corrected chi connectivity index (χ0v) is 12.3. The number of hydrogen-bond donors (Lipinski definition) is 1. The number of halogens is 1. The van der Waals surface area contributed by atoms with Gasteiger partial charge in [-0.1, -0.05) is 28.1 Å². The van der Waals surface area contributed by atoms with Crippen LogP contribution in [0.3, 0.4) is 0 Å². The molecule has 0 spiro atoms. The van der Waals surface area contributed by atoms with Crippen molar-refractivity contribution in [2.75, 3.05) is 27.3 Å². The van der Waals surface area contributed by atoms with Crippen molar-refractivity contribution in [3.63, 3.8) is 0 Å². The first kappa shape index (κ1) is 14.6. The van der Waals surface area contributed by atoms with E-state index in [9.17, 15) is 0 Å². The minimum absolute atomic E-state index is 0.128. The molecule has 0 amide bonds. The van der Waals surface area contributed by atoms with Crippen molar-refractivity contribution >= 4 is 15.9 Å². The molecular weight excluding hydrogens is 280 g/mol. The fraction of sp³-hybridized carbons (Fsp3) is 0.538. The number of hydrogen-bond acceptors (Lipinski definition) is 3. The minimum atomic E-state index is -0.128. The van der Waals surface area contributed by atoms with Crippen LogP contribution in [0.4, 0.5) is 0 Å². The first-order chi connectivity index (χ1) is 8.01. The summed E-state index contributed by atoms with van der Waals surface area (Å²) in [5, 5.41) is 0. The molecule has 1 rings (SSSR count). The van der Waals surface area contributed by atoms with E-state index in [4.69, 9.17) is 10.5 Å². The van der Waals surface area contributed by atoms with Crippen molar-refractivity contribution in [1.29, 1.82) is 0 Å². The summed E-state index contributed by atoms with van der Waals surface area (Å²) >= 11 is 3.48. The molecule has 17 heavy (non-hydrogen) atoms. The van der Waals surface area contributed by atoms with E-state index >= 15 is 0 Å². The molecule has 4 heteroatoms. The molecule has 0 heterocycles. The van der Waals surface area contributed by atoms with Gasteiger partial charge in [0.05, 0.1) is 12.1 Å². The topological polar surface area (TPSA) is 38.5 Å². The summed E-state index contributed by atoms with van der Waals surface area (Å²) in [6.45, 7) is 4.18. The lowest BCUT2D eigenvalue weighted by molar-refractivity contribution is 0.0390. The monoisotopic (exact) mass is 300 g/mol. The molecule has 0 bridgehead atoms. The van der Waals surface area contributed by atoms with E-state index in [2.05, 4.69) is 46.9 Å². The molecule has 0 saturated heterocycles. The number of rotatable bonds is 6. The lowest BCUT2D eigenvalue weighted by Crippen LogP contribution is -2.52. The lowest BCUT2D eigenvalue weighted by atomic mass is 10.0. The van der Waals surface area contributed by atoms with E-state index in [1.165, 1.54) is 5.56 Å².